The molecular formula is C31H31NO3S. The van der Waals surface area contributed by atoms with Gasteiger partial charge in [-0.15, -0.1) is 0 Å². The molecule has 1 saturated heterocycles. The third-order valence-corrected chi connectivity index (χ3v) is 8.50. The second-order valence-electron chi connectivity index (χ2n) is 9.59. The number of hydrogen-bond acceptors (Lipinski definition) is 4. The highest BCUT2D eigenvalue weighted by atomic mass is 32.2. The van der Waals surface area contributed by atoms with Crippen molar-refractivity contribution < 1.29 is 12.6 Å². The molecule has 184 valence electrons. The highest BCUT2D eigenvalue weighted by molar-refractivity contribution is 7.86. The molecule has 4 nitrogen and oxygen atoms in total. The van der Waals surface area contributed by atoms with Crippen molar-refractivity contribution in [2.24, 2.45) is 5.92 Å². The number of rotatable bonds is 7. The lowest BCUT2D eigenvalue weighted by Crippen LogP contribution is -2.47. The maximum atomic E-state index is 13.2. The SMILES string of the molecule is Cc1ccc(S(=O)(=O)OC2CN(C(c3ccccc3)(c3ccccc3)c3ccccc3)CC2C)cc1. The lowest BCUT2D eigenvalue weighted by molar-refractivity contribution is 0.154. The molecule has 0 bridgehead atoms. The minimum atomic E-state index is -3.88. The first-order valence-electron chi connectivity index (χ1n) is 12.3. The average molecular weight is 498 g/mol. The first-order valence-corrected chi connectivity index (χ1v) is 13.7. The van der Waals surface area contributed by atoms with E-state index in [0.717, 1.165) is 22.3 Å². The van der Waals surface area contributed by atoms with Gasteiger partial charge in [-0.1, -0.05) is 116 Å². The van der Waals surface area contributed by atoms with Gasteiger partial charge in [0.05, 0.1) is 16.5 Å². The molecule has 1 aliphatic rings. The van der Waals surface area contributed by atoms with Crippen molar-refractivity contribution in [2.45, 2.75) is 30.4 Å². The van der Waals surface area contributed by atoms with E-state index in [4.69, 9.17) is 4.18 Å². The first kappa shape index (κ1) is 24.4. The second kappa shape index (κ2) is 10.0. The Morgan fingerprint density at radius 1 is 0.694 bits per heavy atom. The summed E-state index contributed by atoms with van der Waals surface area (Å²) in [6.45, 7) is 5.17. The van der Waals surface area contributed by atoms with Crippen molar-refractivity contribution in [3.8, 4) is 0 Å². The van der Waals surface area contributed by atoms with Gasteiger partial charge in [0.25, 0.3) is 10.1 Å². The summed E-state index contributed by atoms with van der Waals surface area (Å²) in [5.41, 5.74) is 3.82. The Morgan fingerprint density at radius 3 is 1.58 bits per heavy atom. The van der Waals surface area contributed by atoms with Crippen LogP contribution in [0, 0.1) is 12.8 Å². The molecule has 36 heavy (non-hydrogen) atoms. The van der Waals surface area contributed by atoms with E-state index in [9.17, 15) is 8.42 Å². The summed E-state index contributed by atoms with van der Waals surface area (Å²) in [6, 6.07) is 38.2. The zero-order valence-electron chi connectivity index (χ0n) is 20.6. The Bertz CT molecular complexity index is 1290. The fourth-order valence-electron chi connectivity index (χ4n) is 5.35. The topological polar surface area (TPSA) is 46.6 Å². The maximum absolute atomic E-state index is 13.2. The molecule has 0 radical (unpaired) electrons. The summed E-state index contributed by atoms with van der Waals surface area (Å²) in [5.74, 6) is 0.0146. The lowest BCUT2D eigenvalue weighted by Gasteiger charge is -2.44. The Morgan fingerprint density at radius 2 is 1.14 bits per heavy atom. The highest BCUT2D eigenvalue weighted by Crippen LogP contribution is 2.45. The number of benzene rings is 4. The van der Waals surface area contributed by atoms with Crippen LogP contribution in [0.3, 0.4) is 0 Å². The van der Waals surface area contributed by atoms with Crippen molar-refractivity contribution in [3.05, 3.63) is 138 Å². The van der Waals surface area contributed by atoms with Gasteiger partial charge in [0.2, 0.25) is 0 Å². The van der Waals surface area contributed by atoms with Crippen LogP contribution in [-0.4, -0.2) is 32.5 Å². The van der Waals surface area contributed by atoms with Crippen molar-refractivity contribution in [3.63, 3.8) is 0 Å². The van der Waals surface area contributed by atoms with Crippen LogP contribution in [0.15, 0.2) is 120 Å². The average Bonchev–Trinajstić information content (AvgIpc) is 3.26. The van der Waals surface area contributed by atoms with Crippen LogP contribution in [0.25, 0.3) is 0 Å². The minimum absolute atomic E-state index is 0.0146. The first-order chi connectivity index (χ1) is 17.4. The molecule has 0 aliphatic carbocycles. The predicted molar refractivity (Wildman–Crippen MR) is 143 cm³/mol. The van der Waals surface area contributed by atoms with E-state index in [1.807, 2.05) is 25.1 Å². The van der Waals surface area contributed by atoms with Gasteiger partial charge in [0.15, 0.2) is 0 Å². The third-order valence-electron chi connectivity index (χ3n) is 7.15. The molecule has 1 fully saturated rings. The molecule has 5 heteroatoms. The van der Waals surface area contributed by atoms with Crippen molar-refractivity contribution >= 4 is 10.1 Å². The molecule has 0 amide bonds. The number of nitrogens with zero attached hydrogens (tertiary/aromatic N) is 1. The molecule has 4 aromatic rings. The number of aryl methyl sites for hydroxylation is 1. The molecule has 1 aliphatic heterocycles. The molecule has 0 spiro atoms. The maximum Gasteiger partial charge on any atom is 0.297 e. The largest absolute Gasteiger partial charge is 0.297 e. The van der Waals surface area contributed by atoms with E-state index in [0.29, 0.717) is 13.1 Å². The standard InChI is InChI=1S/C31H31NO3S/c1-24-18-20-29(21-19-24)36(33,34)35-30-23-32(22-25(30)2)31(26-12-6-3-7-13-26,27-14-8-4-9-15-27)28-16-10-5-11-17-28/h3-21,25,30H,22-23H2,1-2H3. The smallest absolute Gasteiger partial charge is 0.283 e. The van der Waals surface area contributed by atoms with E-state index in [1.165, 1.54) is 0 Å². The predicted octanol–water partition coefficient (Wildman–Crippen LogP) is 6.01. The van der Waals surface area contributed by atoms with Gasteiger partial charge in [-0.2, -0.15) is 8.42 Å². The van der Waals surface area contributed by atoms with Gasteiger partial charge >= 0.3 is 0 Å². The summed E-state index contributed by atoms with van der Waals surface area (Å²) in [7, 11) is -3.88. The van der Waals surface area contributed by atoms with Crippen LogP contribution in [0.4, 0.5) is 0 Å². The quantitative estimate of drug-likeness (QED) is 0.232. The van der Waals surface area contributed by atoms with E-state index in [1.54, 1.807) is 24.3 Å². The third kappa shape index (κ3) is 4.50. The Balaban J connectivity index is 1.59. The normalized spacial score (nSPS) is 18.8. The van der Waals surface area contributed by atoms with Crippen LogP contribution >= 0.6 is 0 Å². The number of hydrogen-bond donors (Lipinski definition) is 0. The molecular weight excluding hydrogens is 466 g/mol. The van der Waals surface area contributed by atoms with Gasteiger partial charge < -0.3 is 0 Å². The molecule has 0 saturated carbocycles. The van der Waals surface area contributed by atoms with Gasteiger partial charge in [0, 0.05) is 13.1 Å². The van der Waals surface area contributed by atoms with Crippen LogP contribution in [-0.2, 0) is 19.8 Å². The van der Waals surface area contributed by atoms with Gasteiger partial charge in [-0.05, 0) is 41.7 Å². The van der Waals surface area contributed by atoms with Crippen LogP contribution in [0.2, 0.25) is 0 Å². The zero-order valence-corrected chi connectivity index (χ0v) is 21.4. The van der Waals surface area contributed by atoms with Crippen LogP contribution in [0.1, 0.15) is 29.2 Å². The van der Waals surface area contributed by atoms with Crippen molar-refractivity contribution in [2.75, 3.05) is 13.1 Å². The van der Waals surface area contributed by atoms with Crippen LogP contribution < -0.4 is 0 Å². The second-order valence-corrected chi connectivity index (χ2v) is 11.2. The summed E-state index contributed by atoms with van der Waals surface area (Å²) < 4.78 is 32.2. The lowest BCUT2D eigenvalue weighted by atomic mass is 9.75. The fourth-order valence-corrected chi connectivity index (χ4v) is 6.50. The Kier molecular flexibility index (Phi) is 6.80. The van der Waals surface area contributed by atoms with E-state index >= 15 is 0 Å². The monoisotopic (exact) mass is 497 g/mol. The number of likely N-dealkylation sites (tertiary alicyclic amines) is 1. The molecule has 4 aromatic carbocycles. The van der Waals surface area contributed by atoms with Gasteiger partial charge in [-0.25, -0.2) is 0 Å². The molecule has 5 rings (SSSR count). The zero-order chi connectivity index (χ0) is 25.2. The summed E-state index contributed by atoms with van der Waals surface area (Å²) >= 11 is 0. The Hall–Kier alpha value is -3.25. The van der Waals surface area contributed by atoms with E-state index in [-0.39, 0.29) is 10.8 Å². The summed E-state index contributed by atoms with van der Waals surface area (Å²) in [5, 5.41) is 0. The molecule has 0 N–H and O–H groups in total. The van der Waals surface area contributed by atoms with Crippen molar-refractivity contribution in [1.29, 1.82) is 0 Å². The van der Waals surface area contributed by atoms with E-state index < -0.39 is 21.8 Å². The molecule has 2 unspecified atom stereocenters. The van der Waals surface area contributed by atoms with Crippen LogP contribution in [0.5, 0.6) is 0 Å². The summed E-state index contributed by atoms with van der Waals surface area (Å²) in [6.07, 6.45) is -0.466. The van der Waals surface area contributed by atoms with E-state index in [2.05, 4.69) is 84.6 Å². The summed E-state index contributed by atoms with van der Waals surface area (Å²) in [4.78, 5) is 2.58. The van der Waals surface area contributed by atoms with Gasteiger partial charge in [0.1, 0.15) is 0 Å². The van der Waals surface area contributed by atoms with Gasteiger partial charge in [-0.3, -0.25) is 9.08 Å². The van der Waals surface area contributed by atoms with Crippen molar-refractivity contribution in [1.82, 2.24) is 4.90 Å². The highest BCUT2D eigenvalue weighted by Gasteiger charge is 2.48. The Labute approximate surface area is 214 Å². The molecule has 1 heterocycles. The minimum Gasteiger partial charge on any atom is -0.283 e. The molecule has 0 aromatic heterocycles. The fraction of sp³-hybridized carbons (Fsp3) is 0.226. The molecule has 2 atom stereocenters.